The number of carbonyl (C=O) groups excluding carboxylic acids is 1. The minimum Gasteiger partial charge on any atom is -0.393 e. The number of carbonyl (C=O) groups is 1. The first kappa shape index (κ1) is 12.3. The summed E-state index contributed by atoms with van der Waals surface area (Å²) >= 11 is 5.53. The lowest BCUT2D eigenvalue weighted by atomic mass is 9.82. The predicted molar refractivity (Wildman–Crippen MR) is 62.5 cm³/mol. The molecule has 0 bridgehead atoms. The largest absolute Gasteiger partial charge is 0.393 e. The Morgan fingerprint density at radius 2 is 2.24 bits per heavy atom. The Morgan fingerprint density at radius 1 is 1.53 bits per heavy atom. The van der Waals surface area contributed by atoms with E-state index in [1.54, 1.807) is 0 Å². The quantitative estimate of drug-likeness (QED) is 0.870. The second-order valence-electron chi connectivity index (χ2n) is 4.33. The van der Waals surface area contributed by atoms with Gasteiger partial charge in [-0.15, -0.1) is 0 Å². The van der Waals surface area contributed by atoms with E-state index in [9.17, 15) is 9.18 Å². The average Bonchev–Trinajstić information content (AvgIpc) is 2.26. The predicted octanol–water partition coefficient (Wildman–Crippen LogP) is 1.98. The maximum Gasteiger partial charge on any atom is 0.251 e. The molecule has 17 heavy (non-hydrogen) atoms. The molecule has 1 aromatic carbocycles. The van der Waals surface area contributed by atoms with E-state index in [0.717, 1.165) is 18.9 Å². The van der Waals surface area contributed by atoms with E-state index in [-0.39, 0.29) is 22.6 Å². The smallest absolute Gasteiger partial charge is 0.251 e. The Balaban J connectivity index is 1.88. The molecule has 0 heterocycles. The van der Waals surface area contributed by atoms with Gasteiger partial charge in [-0.1, -0.05) is 11.6 Å². The molecule has 1 saturated carbocycles. The minimum atomic E-state index is -0.599. The highest BCUT2D eigenvalue weighted by molar-refractivity contribution is 6.30. The summed E-state index contributed by atoms with van der Waals surface area (Å²) in [6.45, 7) is 0.514. The number of aliphatic hydroxyl groups is 1. The van der Waals surface area contributed by atoms with Gasteiger partial charge in [0.2, 0.25) is 0 Å². The van der Waals surface area contributed by atoms with Crippen LogP contribution in [0.2, 0.25) is 5.02 Å². The van der Waals surface area contributed by atoms with Crippen LogP contribution in [0.1, 0.15) is 23.2 Å². The molecule has 5 heteroatoms. The number of rotatable bonds is 3. The van der Waals surface area contributed by atoms with Gasteiger partial charge in [0.25, 0.3) is 5.91 Å². The van der Waals surface area contributed by atoms with E-state index in [1.165, 1.54) is 12.1 Å². The van der Waals surface area contributed by atoms with Crippen LogP contribution in [0.4, 0.5) is 4.39 Å². The molecular formula is C12H13ClFNO2. The van der Waals surface area contributed by atoms with Crippen molar-refractivity contribution in [2.75, 3.05) is 6.54 Å². The molecular weight excluding hydrogens is 245 g/mol. The first-order chi connectivity index (χ1) is 8.06. The maximum atomic E-state index is 13.1. The first-order valence-corrected chi connectivity index (χ1v) is 5.85. The molecule has 0 saturated heterocycles. The van der Waals surface area contributed by atoms with Gasteiger partial charge in [0.15, 0.2) is 0 Å². The number of hydrogen-bond acceptors (Lipinski definition) is 2. The molecule has 1 aliphatic rings. The zero-order valence-electron chi connectivity index (χ0n) is 9.12. The number of halogens is 2. The lowest BCUT2D eigenvalue weighted by Gasteiger charge is -2.31. The normalized spacial score (nSPS) is 23.0. The van der Waals surface area contributed by atoms with E-state index in [1.807, 2.05) is 0 Å². The third-order valence-corrected chi connectivity index (χ3v) is 3.25. The van der Waals surface area contributed by atoms with Crippen molar-refractivity contribution in [3.63, 3.8) is 0 Å². The molecule has 2 rings (SSSR count). The Hall–Kier alpha value is -1.13. The van der Waals surface area contributed by atoms with Crippen LogP contribution in [0.3, 0.4) is 0 Å². The Labute approximate surface area is 104 Å². The van der Waals surface area contributed by atoms with Gasteiger partial charge in [0, 0.05) is 12.1 Å². The summed E-state index contributed by atoms with van der Waals surface area (Å²) < 4.78 is 13.1. The van der Waals surface area contributed by atoms with Crippen molar-refractivity contribution < 1.29 is 14.3 Å². The fraction of sp³-hybridized carbons (Fsp3) is 0.417. The van der Waals surface area contributed by atoms with E-state index in [0.29, 0.717) is 12.5 Å². The molecule has 0 spiro atoms. The standard InChI is InChI=1S/C12H13ClFNO2/c13-10-2-1-8(5-11(10)14)12(17)15-6-7-3-9(16)4-7/h1-2,5,7,9,16H,3-4,6H2,(H,15,17). The van der Waals surface area contributed by atoms with Crippen molar-refractivity contribution in [3.8, 4) is 0 Å². The van der Waals surface area contributed by atoms with Crippen LogP contribution in [0.5, 0.6) is 0 Å². The number of benzene rings is 1. The molecule has 0 aliphatic heterocycles. The Bertz CT molecular complexity index is 433. The molecule has 0 atom stereocenters. The van der Waals surface area contributed by atoms with Crippen LogP contribution in [0, 0.1) is 11.7 Å². The number of nitrogens with one attached hydrogen (secondary N) is 1. The second-order valence-corrected chi connectivity index (χ2v) is 4.74. The molecule has 92 valence electrons. The Morgan fingerprint density at radius 3 is 2.82 bits per heavy atom. The lowest BCUT2D eigenvalue weighted by molar-refractivity contribution is 0.0420. The van der Waals surface area contributed by atoms with Crippen LogP contribution in [0.25, 0.3) is 0 Å². The topological polar surface area (TPSA) is 49.3 Å². The lowest BCUT2D eigenvalue weighted by Crippen LogP contribution is -2.38. The van der Waals surface area contributed by atoms with E-state index in [2.05, 4.69) is 5.32 Å². The van der Waals surface area contributed by atoms with Gasteiger partial charge in [-0.3, -0.25) is 4.79 Å². The van der Waals surface area contributed by atoms with Gasteiger partial charge in [0.1, 0.15) is 5.82 Å². The summed E-state index contributed by atoms with van der Waals surface area (Å²) in [5, 5.41) is 11.8. The molecule has 0 aromatic heterocycles. The average molecular weight is 258 g/mol. The van der Waals surface area contributed by atoms with Crippen molar-refractivity contribution in [1.82, 2.24) is 5.32 Å². The maximum absolute atomic E-state index is 13.1. The molecule has 2 N–H and O–H groups in total. The van der Waals surface area contributed by atoms with E-state index < -0.39 is 5.82 Å². The first-order valence-electron chi connectivity index (χ1n) is 5.47. The third kappa shape index (κ3) is 2.96. The third-order valence-electron chi connectivity index (χ3n) is 2.94. The molecule has 0 unspecified atom stereocenters. The minimum absolute atomic E-state index is 0.00339. The highest BCUT2D eigenvalue weighted by Crippen LogP contribution is 2.26. The fourth-order valence-corrected chi connectivity index (χ4v) is 1.96. The summed E-state index contributed by atoms with van der Waals surface area (Å²) in [6, 6.07) is 3.96. The van der Waals surface area contributed by atoms with Gasteiger partial charge < -0.3 is 10.4 Å². The number of amides is 1. The van der Waals surface area contributed by atoms with Gasteiger partial charge in [-0.05, 0) is 37.0 Å². The van der Waals surface area contributed by atoms with Gasteiger partial charge >= 0.3 is 0 Å². The SMILES string of the molecule is O=C(NCC1CC(O)C1)c1ccc(Cl)c(F)c1. The van der Waals surface area contributed by atoms with Crippen molar-refractivity contribution in [2.24, 2.45) is 5.92 Å². The Kier molecular flexibility index (Phi) is 3.64. The van der Waals surface area contributed by atoms with Crippen molar-refractivity contribution in [1.29, 1.82) is 0 Å². The van der Waals surface area contributed by atoms with Crippen LogP contribution in [-0.4, -0.2) is 23.7 Å². The van der Waals surface area contributed by atoms with E-state index in [4.69, 9.17) is 16.7 Å². The fourth-order valence-electron chi connectivity index (χ4n) is 1.84. The van der Waals surface area contributed by atoms with Crippen LogP contribution >= 0.6 is 11.6 Å². The highest BCUT2D eigenvalue weighted by atomic mass is 35.5. The van der Waals surface area contributed by atoms with Crippen molar-refractivity contribution in [2.45, 2.75) is 18.9 Å². The molecule has 3 nitrogen and oxygen atoms in total. The summed E-state index contributed by atoms with van der Waals surface area (Å²) in [7, 11) is 0. The van der Waals surface area contributed by atoms with Crippen LogP contribution < -0.4 is 5.32 Å². The number of aliphatic hydroxyl groups excluding tert-OH is 1. The van der Waals surface area contributed by atoms with Gasteiger partial charge in [0.05, 0.1) is 11.1 Å². The van der Waals surface area contributed by atoms with Crippen LogP contribution in [-0.2, 0) is 0 Å². The van der Waals surface area contributed by atoms with Gasteiger partial charge in [-0.2, -0.15) is 0 Å². The van der Waals surface area contributed by atoms with Crippen molar-refractivity contribution in [3.05, 3.63) is 34.6 Å². The highest BCUT2D eigenvalue weighted by Gasteiger charge is 2.27. The summed E-state index contributed by atoms with van der Waals surface area (Å²) in [5.74, 6) is -0.591. The monoisotopic (exact) mass is 257 g/mol. The number of hydrogen-bond donors (Lipinski definition) is 2. The summed E-state index contributed by atoms with van der Waals surface area (Å²) in [4.78, 5) is 11.7. The molecule has 0 radical (unpaired) electrons. The summed E-state index contributed by atoms with van der Waals surface area (Å²) in [5.41, 5.74) is 0.256. The zero-order valence-corrected chi connectivity index (χ0v) is 9.88. The van der Waals surface area contributed by atoms with Gasteiger partial charge in [-0.25, -0.2) is 4.39 Å². The van der Waals surface area contributed by atoms with Crippen LogP contribution in [0.15, 0.2) is 18.2 Å². The zero-order chi connectivity index (χ0) is 12.4. The molecule has 1 fully saturated rings. The molecule has 1 aliphatic carbocycles. The van der Waals surface area contributed by atoms with E-state index >= 15 is 0 Å². The molecule has 1 amide bonds. The second kappa shape index (κ2) is 5.02. The van der Waals surface area contributed by atoms with Crippen molar-refractivity contribution >= 4 is 17.5 Å². The summed E-state index contributed by atoms with van der Waals surface area (Å²) in [6.07, 6.45) is 1.20. The molecule has 1 aromatic rings.